The van der Waals surface area contributed by atoms with E-state index in [0.29, 0.717) is 36.0 Å². The first-order valence-corrected chi connectivity index (χ1v) is 11.7. The van der Waals surface area contributed by atoms with Gasteiger partial charge in [-0.3, -0.25) is 14.4 Å². The number of amides is 2. The van der Waals surface area contributed by atoms with E-state index in [9.17, 15) is 14.4 Å². The van der Waals surface area contributed by atoms with Gasteiger partial charge in [-0.15, -0.1) is 0 Å². The number of carbonyl (C=O) groups is 2. The van der Waals surface area contributed by atoms with Crippen molar-refractivity contribution in [3.8, 4) is 17.2 Å². The van der Waals surface area contributed by atoms with Gasteiger partial charge >= 0.3 is 0 Å². The molecule has 1 aliphatic heterocycles. The molecule has 11 heteroatoms. The zero-order chi connectivity index (χ0) is 24.6. The molecule has 3 N–H and O–H groups in total. The molecule has 1 aliphatic rings. The summed E-state index contributed by atoms with van der Waals surface area (Å²) in [6.07, 6.45) is -0.0578. The average molecular weight is 497 g/mol. The number of aromatic amines is 1. The lowest BCUT2D eigenvalue weighted by Crippen LogP contribution is -2.26. The first-order valence-electron chi connectivity index (χ1n) is 10.8. The van der Waals surface area contributed by atoms with Crippen molar-refractivity contribution in [2.45, 2.75) is 24.7 Å². The molecule has 0 spiro atoms. The molecule has 2 aromatic carbocycles. The van der Waals surface area contributed by atoms with Gasteiger partial charge in [0, 0.05) is 19.2 Å². The molecule has 0 aliphatic carbocycles. The van der Waals surface area contributed by atoms with E-state index in [1.54, 1.807) is 13.2 Å². The average Bonchev–Trinajstić information content (AvgIpc) is 3.33. The quantitative estimate of drug-likeness (QED) is 0.286. The lowest BCUT2D eigenvalue weighted by Gasteiger charge is -2.08. The van der Waals surface area contributed by atoms with E-state index in [0.717, 1.165) is 22.9 Å². The lowest BCUT2D eigenvalue weighted by molar-refractivity contribution is -0.121. The SMILES string of the molecule is COc1cccc(CNC(=O)Cc2cc(=O)[nH]c(SCC(=O)NCc3ccc4c(c3)OCO4)n2)c1. The number of ether oxygens (including phenoxy) is 3. The summed E-state index contributed by atoms with van der Waals surface area (Å²) in [6, 6.07) is 14.1. The number of hydrogen-bond acceptors (Lipinski definition) is 8. The minimum atomic E-state index is -0.390. The third kappa shape index (κ3) is 7.00. The number of nitrogens with one attached hydrogen (secondary N) is 3. The number of carbonyl (C=O) groups excluding carboxylic acids is 2. The van der Waals surface area contributed by atoms with E-state index in [1.165, 1.54) is 6.07 Å². The molecule has 0 radical (unpaired) electrons. The van der Waals surface area contributed by atoms with Crippen LogP contribution in [0.2, 0.25) is 0 Å². The van der Waals surface area contributed by atoms with E-state index < -0.39 is 0 Å². The topological polar surface area (TPSA) is 132 Å². The van der Waals surface area contributed by atoms with Crippen LogP contribution >= 0.6 is 11.8 Å². The van der Waals surface area contributed by atoms with Gasteiger partial charge in [-0.05, 0) is 35.4 Å². The van der Waals surface area contributed by atoms with Gasteiger partial charge in [-0.25, -0.2) is 4.98 Å². The molecular weight excluding hydrogens is 472 g/mol. The van der Waals surface area contributed by atoms with E-state index in [4.69, 9.17) is 14.2 Å². The fourth-order valence-corrected chi connectivity index (χ4v) is 4.01. The normalized spacial score (nSPS) is 11.7. The summed E-state index contributed by atoms with van der Waals surface area (Å²) in [6.45, 7) is 0.841. The Hall–Kier alpha value is -3.99. The zero-order valence-electron chi connectivity index (χ0n) is 19.0. The summed E-state index contributed by atoms with van der Waals surface area (Å²) in [5.41, 5.74) is 1.69. The molecule has 10 nitrogen and oxygen atoms in total. The van der Waals surface area contributed by atoms with E-state index >= 15 is 0 Å². The van der Waals surface area contributed by atoms with Gasteiger partial charge in [0.05, 0.1) is 25.0 Å². The van der Waals surface area contributed by atoms with Crippen molar-refractivity contribution in [1.82, 2.24) is 20.6 Å². The molecule has 0 saturated heterocycles. The fraction of sp³-hybridized carbons (Fsp3) is 0.250. The molecule has 0 fully saturated rings. The Balaban J connectivity index is 1.25. The summed E-state index contributed by atoms with van der Waals surface area (Å²) < 4.78 is 15.8. The van der Waals surface area contributed by atoms with Crippen molar-refractivity contribution >= 4 is 23.6 Å². The van der Waals surface area contributed by atoms with Crippen LogP contribution in [0, 0.1) is 0 Å². The minimum Gasteiger partial charge on any atom is -0.497 e. The summed E-state index contributed by atoms with van der Waals surface area (Å²) in [7, 11) is 1.58. The highest BCUT2D eigenvalue weighted by Gasteiger charge is 2.14. The largest absolute Gasteiger partial charge is 0.497 e. The zero-order valence-corrected chi connectivity index (χ0v) is 19.8. The second-order valence-corrected chi connectivity index (χ2v) is 8.56. The molecule has 0 saturated carbocycles. The Morgan fingerprint density at radius 2 is 1.80 bits per heavy atom. The Bertz CT molecular complexity index is 1280. The van der Waals surface area contributed by atoms with E-state index in [1.807, 2.05) is 36.4 Å². The van der Waals surface area contributed by atoms with Gasteiger partial charge < -0.3 is 29.8 Å². The maximum Gasteiger partial charge on any atom is 0.251 e. The van der Waals surface area contributed by atoms with Crippen molar-refractivity contribution in [2.75, 3.05) is 19.7 Å². The molecule has 35 heavy (non-hydrogen) atoms. The third-order valence-corrected chi connectivity index (χ3v) is 5.88. The first-order chi connectivity index (χ1) is 17.0. The second-order valence-electron chi connectivity index (χ2n) is 7.60. The number of benzene rings is 2. The van der Waals surface area contributed by atoms with Crippen LogP contribution in [-0.4, -0.2) is 41.4 Å². The molecule has 182 valence electrons. The van der Waals surface area contributed by atoms with Gasteiger partial charge in [0.25, 0.3) is 5.56 Å². The van der Waals surface area contributed by atoms with Gasteiger partial charge in [0.1, 0.15) is 5.75 Å². The van der Waals surface area contributed by atoms with Gasteiger partial charge in [0.15, 0.2) is 16.7 Å². The van der Waals surface area contributed by atoms with E-state index in [-0.39, 0.29) is 41.5 Å². The number of methoxy groups -OCH3 is 1. The lowest BCUT2D eigenvalue weighted by atomic mass is 10.2. The van der Waals surface area contributed by atoms with Gasteiger partial charge in [-0.1, -0.05) is 30.0 Å². The monoisotopic (exact) mass is 496 g/mol. The number of hydrogen-bond donors (Lipinski definition) is 3. The summed E-state index contributed by atoms with van der Waals surface area (Å²) in [5, 5.41) is 5.88. The van der Waals surface area contributed by atoms with E-state index in [2.05, 4.69) is 20.6 Å². The molecular formula is C24H24N4O6S. The second kappa shape index (κ2) is 11.4. The Morgan fingerprint density at radius 1 is 1.03 bits per heavy atom. The summed E-state index contributed by atoms with van der Waals surface area (Å²) in [5.74, 6) is 1.59. The smallest absolute Gasteiger partial charge is 0.251 e. The van der Waals surface area contributed by atoms with Crippen LogP contribution in [0.15, 0.2) is 58.5 Å². The van der Waals surface area contributed by atoms with Crippen molar-refractivity contribution in [3.05, 3.63) is 75.7 Å². The summed E-state index contributed by atoms with van der Waals surface area (Å²) >= 11 is 1.08. The van der Waals surface area contributed by atoms with Crippen molar-refractivity contribution in [3.63, 3.8) is 0 Å². The molecule has 0 bridgehead atoms. The minimum absolute atomic E-state index is 0.0545. The van der Waals surface area contributed by atoms with Crippen molar-refractivity contribution < 1.29 is 23.8 Å². The molecule has 3 aromatic rings. The first kappa shape index (κ1) is 24.1. The predicted octanol–water partition coefficient (Wildman–Crippen LogP) is 1.77. The highest BCUT2D eigenvalue weighted by Crippen LogP contribution is 2.32. The predicted molar refractivity (Wildman–Crippen MR) is 129 cm³/mol. The Kier molecular flexibility index (Phi) is 7.88. The molecule has 4 rings (SSSR count). The van der Waals surface area contributed by atoms with Crippen LogP contribution in [0.4, 0.5) is 0 Å². The highest BCUT2D eigenvalue weighted by molar-refractivity contribution is 7.99. The van der Waals surface area contributed by atoms with Crippen molar-refractivity contribution in [2.24, 2.45) is 0 Å². The third-order valence-electron chi connectivity index (χ3n) is 5.01. The van der Waals surface area contributed by atoms with Crippen LogP contribution < -0.4 is 30.4 Å². The van der Waals surface area contributed by atoms with Gasteiger partial charge in [0.2, 0.25) is 18.6 Å². The van der Waals surface area contributed by atoms with Crippen LogP contribution in [0.3, 0.4) is 0 Å². The number of nitrogens with zero attached hydrogens (tertiary/aromatic N) is 1. The molecule has 0 atom stereocenters. The summed E-state index contributed by atoms with van der Waals surface area (Å²) in [4.78, 5) is 43.5. The number of fused-ring (bicyclic) bond motifs is 1. The van der Waals surface area contributed by atoms with Crippen LogP contribution in [-0.2, 0) is 29.1 Å². The maximum atomic E-state index is 12.3. The fourth-order valence-electron chi connectivity index (χ4n) is 3.29. The number of aromatic nitrogens is 2. The van der Waals surface area contributed by atoms with Crippen LogP contribution in [0.25, 0.3) is 0 Å². The Morgan fingerprint density at radius 3 is 2.63 bits per heavy atom. The maximum absolute atomic E-state index is 12.3. The molecule has 2 amide bonds. The Labute approximate surface area is 205 Å². The van der Waals surface area contributed by atoms with Crippen LogP contribution in [0.5, 0.6) is 17.2 Å². The molecule has 2 heterocycles. The molecule has 0 unspecified atom stereocenters. The van der Waals surface area contributed by atoms with Crippen molar-refractivity contribution in [1.29, 1.82) is 0 Å². The number of rotatable bonds is 10. The molecule has 1 aromatic heterocycles. The number of thioether (sulfide) groups is 1. The standard InChI is InChI=1S/C24H24N4O6S/c1-32-18-4-2-3-15(7-18)11-25-21(29)9-17-10-22(30)28-24(27-17)35-13-23(31)26-12-16-5-6-19-20(8-16)34-14-33-19/h2-8,10H,9,11-14H2,1H3,(H,25,29)(H,26,31)(H,27,28,30). The van der Waals surface area contributed by atoms with Gasteiger partial charge in [-0.2, -0.15) is 0 Å². The van der Waals surface area contributed by atoms with Crippen LogP contribution in [0.1, 0.15) is 16.8 Å². The highest BCUT2D eigenvalue weighted by atomic mass is 32.2. The number of H-pyrrole nitrogens is 1.